The molecule has 0 fully saturated rings. The Balaban J connectivity index is 1.75. The van der Waals surface area contributed by atoms with Gasteiger partial charge in [-0.15, -0.1) is 0 Å². The van der Waals surface area contributed by atoms with Crippen molar-refractivity contribution in [1.29, 1.82) is 0 Å². The van der Waals surface area contributed by atoms with Crippen molar-refractivity contribution in [2.75, 3.05) is 19.8 Å². The lowest BCUT2D eigenvalue weighted by molar-refractivity contribution is 0.241. The van der Waals surface area contributed by atoms with E-state index in [1.807, 2.05) is 57.2 Å². The molecule has 0 spiro atoms. The summed E-state index contributed by atoms with van der Waals surface area (Å²) in [5.74, 6) is 3.30. The van der Waals surface area contributed by atoms with Gasteiger partial charge in [-0.1, -0.05) is 6.92 Å². The van der Waals surface area contributed by atoms with Crippen LogP contribution in [0.5, 0.6) is 23.0 Å². The molecule has 0 atom stereocenters. The minimum absolute atomic E-state index is 0.160. The highest BCUT2D eigenvalue weighted by Gasteiger charge is 2.09. The molecule has 0 unspecified atom stereocenters. The average Bonchev–Trinajstić information content (AvgIpc) is 2.72. The van der Waals surface area contributed by atoms with E-state index in [-0.39, 0.29) is 12.7 Å². The van der Waals surface area contributed by atoms with Crippen molar-refractivity contribution in [3.63, 3.8) is 0 Å². The van der Waals surface area contributed by atoms with Gasteiger partial charge in [0, 0.05) is 0 Å². The normalized spacial score (nSPS) is 11.5. The third kappa shape index (κ3) is 9.21. The van der Waals surface area contributed by atoms with Crippen LogP contribution in [0.3, 0.4) is 0 Å². The summed E-state index contributed by atoms with van der Waals surface area (Å²) >= 11 is 2.75. The number of aryl methyl sites for hydroxylation is 2. The Labute approximate surface area is 193 Å². The topological polar surface area (TPSA) is 36.9 Å². The molecule has 31 heavy (non-hydrogen) atoms. The van der Waals surface area contributed by atoms with E-state index < -0.39 is 4.74 Å². The Morgan fingerprint density at radius 2 is 1.61 bits per heavy atom. The van der Waals surface area contributed by atoms with Gasteiger partial charge in [-0.05, 0) is 110 Å². The van der Waals surface area contributed by atoms with Crippen LogP contribution in [0.2, 0.25) is 0 Å². The molecule has 2 rings (SSSR count). The van der Waals surface area contributed by atoms with E-state index in [0.717, 1.165) is 47.6 Å². The second-order valence-electron chi connectivity index (χ2n) is 7.43. The SMILES string of the molecule is CCc1cc(OCC=C(F)Br)cc(C)c1OCCCCOc1ccc(OC(C)C)cc1. The standard InChI is InChI=1S/C25H32BrFO4/c1-5-20-17-23(29-15-12-24(26)27)16-19(4)25(20)30-14-7-6-13-28-21-8-10-22(11-9-21)31-18(2)3/h8-12,16-18H,5-7,13-15H2,1-4H3. The monoisotopic (exact) mass is 494 g/mol. The summed E-state index contributed by atoms with van der Waals surface area (Å²) in [6.07, 6.45) is 4.12. The molecule has 0 aromatic heterocycles. The molecule has 0 aliphatic rings. The fourth-order valence-corrected chi connectivity index (χ4v) is 3.15. The maximum absolute atomic E-state index is 12.7. The van der Waals surface area contributed by atoms with Crippen LogP contribution in [0.15, 0.2) is 47.2 Å². The maximum Gasteiger partial charge on any atom is 0.165 e. The van der Waals surface area contributed by atoms with Crippen molar-refractivity contribution in [2.24, 2.45) is 0 Å². The zero-order valence-corrected chi connectivity index (χ0v) is 20.3. The Morgan fingerprint density at radius 3 is 2.23 bits per heavy atom. The van der Waals surface area contributed by atoms with Gasteiger partial charge in [0.15, 0.2) is 4.74 Å². The lowest BCUT2D eigenvalue weighted by Crippen LogP contribution is -2.06. The summed E-state index contributed by atoms with van der Waals surface area (Å²) in [6, 6.07) is 11.6. The van der Waals surface area contributed by atoms with Crippen molar-refractivity contribution in [2.45, 2.75) is 53.1 Å². The molecule has 0 saturated carbocycles. The van der Waals surface area contributed by atoms with Crippen molar-refractivity contribution in [3.8, 4) is 23.0 Å². The molecule has 0 aliphatic carbocycles. The number of benzene rings is 2. The summed E-state index contributed by atoms with van der Waals surface area (Å²) in [4.78, 5) is 0. The van der Waals surface area contributed by atoms with Crippen LogP contribution in [-0.2, 0) is 6.42 Å². The van der Waals surface area contributed by atoms with E-state index in [0.29, 0.717) is 19.0 Å². The lowest BCUT2D eigenvalue weighted by Gasteiger charge is -2.16. The van der Waals surface area contributed by atoms with Crippen LogP contribution in [-0.4, -0.2) is 25.9 Å². The first-order chi connectivity index (χ1) is 14.9. The molecule has 4 nitrogen and oxygen atoms in total. The molecule has 0 heterocycles. The number of rotatable bonds is 13. The van der Waals surface area contributed by atoms with Gasteiger partial charge < -0.3 is 18.9 Å². The highest BCUT2D eigenvalue weighted by atomic mass is 79.9. The van der Waals surface area contributed by atoms with Crippen LogP contribution in [0.1, 0.15) is 44.7 Å². The first-order valence-corrected chi connectivity index (χ1v) is 11.5. The van der Waals surface area contributed by atoms with Crippen molar-refractivity contribution in [3.05, 3.63) is 58.3 Å². The molecule has 0 aliphatic heterocycles. The summed E-state index contributed by atoms with van der Waals surface area (Å²) in [7, 11) is 0. The molecule has 0 N–H and O–H groups in total. The molecule has 170 valence electrons. The van der Waals surface area contributed by atoms with Gasteiger partial charge in [0.25, 0.3) is 0 Å². The van der Waals surface area contributed by atoms with E-state index in [9.17, 15) is 4.39 Å². The number of halogens is 2. The fourth-order valence-electron chi connectivity index (χ4n) is 3.02. The first-order valence-electron chi connectivity index (χ1n) is 10.7. The Bertz CT molecular complexity index is 830. The molecule has 2 aromatic carbocycles. The van der Waals surface area contributed by atoms with Crippen LogP contribution in [0, 0.1) is 6.92 Å². The highest BCUT2D eigenvalue weighted by molar-refractivity contribution is 9.11. The van der Waals surface area contributed by atoms with E-state index >= 15 is 0 Å². The minimum atomic E-state index is -0.430. The molecule has 0 radical (unpaired) electrons. The molecule has 6 heteroatoms. The summed E-state index contributed by atoms with van der Waals surface area (Å²) in [5, 5.41) is 0. The zero-order valence-electron chi connectivity index (χ0n) is 18.8. The Kier molecular flexibility index (Phi) is 10.7. The predicted molar refractivity (Wildman–Crippen MR) is 127 cm³/mol. The largest absolute Gasteiger partial charge is 0.494 e. The van der Waals surface area contributed by atoms with Crippen molar-refractivity contribution < 1.29 is 23.3 Å². The van der Waals surface area contributed by atoms with Gasteiger partial charge in [-0.3, -0.25) is 0 Å². The highest BCUT2D eigenvalue weighted by Crippen LogP contribution is 2.30. The van der Waals surface area contributed by atoms with Gasteiger partial charge in [-0.2, -0.15) is 4.39 Å². The second kappa shape index (κ2) is 13.3. The number of unbranched alkanes of at least 4 members (excludes halogenated alkanes) is 1. The van der Waals surface area contributed by atoms with E-state index in [2.05, 4.69) is 22.9 Å². The predicted octanol–water partition coefficient (Wildman–Crippen LogP) is 7.17. The van der Waals surface area contributed by atoms with Crippen LogP contribution in [0.25, 0.3) is 0 Å². The Hall–Kier alpha value is -2.21. The van der Waals surface area contributed by atoms with Gasteiger partial charge in [0.05, 0.1) is 19.3 Å². The number of hydrogen-bond donors (Lipinski definition) is 0. The molecule has 0 saturated heterocycles. The quantitative estimate of drug-likeness (QED) is 0.276. The minimum Gasteiger partial charge on any atom is -0.494 e. The molecule has 2 aromatic rings. The zero-order chi connectivity index (χ0) is 22.6. The third-order valence-electron chi connectivity index (χ3n) is 4.44. The molecule has 0 amide bonds. The smallest absolute Gasteiger partial charge is 0.165 e. The van der Waals surface area contributed by atoms with Gasteiger partial charge >= 0.3 is 0 Å². The van der Waals surface area contributed by atoms with E-state index in [1.54, 1.807) is 0 Å². The van der Waals surface area contributed by atoms with Crippen LogP contribution >= 0.6 is 15.9 Å². The van der Waals surface area contributed by atoms with Gasteiger partial charge in [0.2, 0.25) is 0 Å². The summed E-state index contributed by atoms with van der Waals surface area (Å²) < 4.78 is 35.4. The van der Waals surface area contributed by atoms with Gasteiger partial charge in [-0.25, -0.2) is 0 Å². The number of hydrogen-bond acceptors (Lipinski definition) is 4. The molecular formula is C25H32BrFO4. The van der Waals surface area contributed by atoms with Crippen molar-refractivity contribution >= 4 is 15.9 Å². The average molecular weight is 495 g/mol. The van der Waals surface area contributed by atoms with Crippen LogP contribution in [0.4, 0.5) is 4.39 Å². The Morgan fingerprint density at radius 1 is 0.968 bits per heavy atom. The maximum atomic E-state index is 12.7. The van der Waals surface area contributed by atoms with E-state index in [1.165, 1.54) is 6.08 Å². The third-order valence-corrected chi connectivity index (χ3v) is 4.77. The summed E-state index contributed by atoms with van der Waals surface area (Å²) in [5.41, 5.74) is 2.09. The molecule has 0 bridgehead atoms. The van der Waals surface area contributed by atoms with E-state index in [4.69, 9.17) is 18.9 Å². The summed E-state index contributed by atoms with van der Waals surface area (Å²) in [6.45, 7) is 9.52. The first kappa shape index (κ1) is 25.1. The number of ether oxygens (including phenoxy) is 4. The fraction of sp³-hybridized carbons (Fsp3) is 0.440. The van der Waals surface area contributed by atoms with Crippen molar-refractivity contribution in [1.82, 2.24) is 0 Å². The van der Waals surface area contributed by atoms with Gasteiger partial charge in [0.1, 0.15) is 29.6 Å². The van der Waals surface area contributed by atoms with Crippen LogP contribution < -0.4 is 18.9 Å². The molecular weight excluding hydrogens is 463 g/mol. The lowest BCUT2D eigenvalue weighted by atomic mass is 10.1. The second-order valence-corrected chi connectivity index (χ2v) is 8.19.